The Labute approximate surface area is 217 Å². The van der Waals surface area contributed by atoms with Crippen LogP contribution in [-0.2, 0) is 10.1 Å². The molecule has 182 valence electrons. The van der Waals surface area contributed by atoms with E-state index in [0.29, 0.717) is 0 Å². The third-order valence-corrected chi connectivity index (χ3v) is 7.54. The Morgan fingerprint density at radius 1 is 0.613 bits per heavy atom. The molecule has 2 N–H and O–H groups in total. The maximum absolute atomic E-state index is 10.9. The largest absolute Gasteiger partial charge is 1.00 e. The van der Waals surface area contributed by atoms with Gasteiger partial charge in [0.25, 0.3) is 0 Å². The van der Waals surface area contributed by atoms with E-state index in [2.05, 4.69) is 6.92 Å². The number of hydrogen-bond acceptors (Lipinski definition) is 4. The SMILES string of the molecule is CCCCCCCCCCCCCCCCCCCCCCC(C)C(N)S(=O)(=O)[O-].[Na+]. The Morgan fingerprint density at radius 2 is 0.871 bits per heavy atom. The van der Waals surface area contributed by atoms with Gasteiger partial charge in [0.1, 0.15) is 10.1 Å². The predicted octanol–water partition coefficient (Wildman–Crippen LogP) is 4.67. The fraction of sp³-hybridized carbons (Fsp3) is 1.00. The van der Waals surface area contributed by atoms with E-state index >= 15 is 0 Å². The summed E-state index contributed by atoms with van der Waals surface area (Å²) in [5.74, 6) is -0.247. The first-order valence-electron chi connectivity index (χ1n) is 13.1. The van der Waals surface area contributed by atoms with Gasteiger partial charge in [-0.25, -0.2) is 8.42 Å². The van der Waals surface area contributed by atoms with Gasteiger partial charge in [-0.15, -0.1) is 0 Å². The molecular weight excluding hydrogens is 417 g/mol. The van der Waals surface area contributed by atoms with Crippen LogP contribution >= 0.6 is 0 Å². The molecule has 0 bridgehead atoms. The quantitative estimate of drug-likeness (QED) is 0.134. The molecule has 0 aliphatic rings. The van der Waals surface area contributed by atoms with E-state index < -0.39 is 15.5 Å². The van der Waals surface area contributed by atoms with Crippen LogP contribution in [0.2, 0.25) is 0 Å². The van der Waals surface area contributed by atoms with Crippen LogP contribution in [0.3, 0.4) is 0 Å². The molecule has 2 unspecified atom stereocenters. The van der Waals surface area contributed by atoms with E-state index in [9.17, 15) is 13.0 Å². The molecule has 6 heteroatoms. The van der Waals surface area contributed by atoms with E-state index in [1.807, 2.05) is 0 Å². The van der Waals surface area contributed by atoms with Crippen LogP contribution in [0.15, 0.2) is 0 Å². The third kappa shape index (κ3) is 23.8. The summed E-state index contributed by atoms with van der Waals surface area (Å²) < 4.78 is 32.7. The van der Waals surface area contributed by atoms with Crippen molar-refractivity contribution in [3.8, 4) is 0 Å². The zero-order valence-electron chi connectivity index (χ0n) is 21.2. The summed E-state index contributed by atoms with van der Waals surface area (Å²) in [6, 6.07) is 0. The Morgan fingerprint density at radius 3 is 1.13 bits per heavy atom. The molecular formula is C25H52NNaO3S. The van der Waals surface area contributed by atoms with Crippen LogP contribution in [0, 0.1) is 5.92 Å². The van der Waals surface area contributed by atoms with E-state index in [0.717, 1.165) is 19.3 Å². The van der Waals surface area contributed by atoms with Crippen molar-refractivity contribution in [1.82, 2.24) is 0 Å². The molecule has 31 heavy (non-hydrogen) atoms. The zero-order valence-corrected chi connectivity index (χ0v) is 24.0. The molecule has 0 saturated carbocycles. The van der Waals surface area contributed by atoms with Gasteiger partial charge in [0.2, 0.25) is 0 Å². The van der Waals surface area contributed by atoms with Gasteiger partial charge in [-0.05, 0) is 12.3 Å². The topological polar surface area (TPSA) is 83.2 Å². The first kappa shape index (κ1) is 34.0. The molecule has 0 spiro atoms. The fourth-order valence-electron chi connectivity index (χ4n) is 4.17. The van der Waals surface area contributed by atoms with Gasteiger partial charge in [-0.2, -0.15) is 0 Å². The van der Waals surface area contributed by atoms with E-state index in [-0.39, 0.29) is 35.5 Å². The average molecular weight is 470 g/mol. The summed E-state index contributed by atoms with van der Waals surface area (Å²) in [5, 5.41) is -1.25. The molecule has 0 heterocycles. The fourth-order valence-corrected chi connectivity index (χ4v) is 4.88. The Bertz CT molecular complexity index is 460. The van der Waals surface area contributed by atoms with Gasteiger partial charge in [0.15, 0.2) is 0 Å². The predicted molar refractivity (Wildman–Crippen MR) is 129 cm³/mol. The normalized spacial score (nSPS) is 13.7. The van der Waals surface area contributed by atoms with Crippen LogP contribution in [0.25, 0.3) is 0 Å². The van der Waals surface area contributed by atoms with Gasteiger partial charge < -0.3 is 10.3 Å². The molecule has 4 nitrogen and oxygen atoms in total. The van der Waals surface area contributed by atoms with Crippen LogP contribution in [-0.4, -0.2) is 18.3 Å². The van der Waals surface area contributed by atoms with Crippen molar-refractivity contribution in [2.75, 3.05) is 0 Å². The second-order valence-electron chi connectivity index (χ2n) is 9.44. The summed E-state index contributed by atoms with van der Waals surface area (Å²) in [5.41, 5.74) is 5.48. The Balaban J connectivity index is 0. The minimum absolute atomic E-state index is 0. The number of unbranched alkanes of at least 4 members (excludes halogenated alkanes) is 19. The molecule has 0 fully saturated rings. The number of rotatable bonds is 23. The van der Waals surface area contributed by atoms with Gasteiger partial charge in [0, 0.05) is 0 Å². The maximum Gasteiger partial charge on any atom is 1.00 e. The summed E-state index contributed by atoms with van der Waals surface area (Å²) in [4.78, 5) is 0. The van der Waals surface area contributed by atoms with Crippen molar-refractivity contribution >= 4 is 10.1 Å². The van der Waals surface area contributed by atoms with E-state index in [1.54, 1.807) is 6.92 Å². The molecule has 0 aliphatic carbocycles. The van der Waals surface area contributed by atoms with E-state index in [4.69, 9.17) is 5.73 Å². The van der Waals surface area contributed by atoms with Crippen LogP contribution in [0.4, 0.5) is 0 Å². The summed E-state index contributed by atoms with van der Waals surface area (Å²) in [6.07, 6.45) is 27.7. The van der Waals surface area contributed by atoms with Gasteiger partial charge in [-0.3, -0.25) is 0 Å². The number of nitrogens with two attached hydrogens (primary N) is 1. The van der Waals surface area contributed by atoms with Crippen molar-refractivity contribution in [3.05, 3.63) is 0 Å². The molecule has 0 rings (SSSR count). The standard InChI is InChI=1S/C25H53NO3S.Na/c1-3-4-5-6-7-8-9-10-11-12-13-14-15-16-17-18-19-20-21-22-23-24(2)25(26)30(27,28)29;/h24-25H,3-23,26H2,1-2H3,(H,27,28,29);/q;+1/p-1. The molecule has 0 aromatic rings. The second kappa shape index (κ2) is 24.0. The minimum atomic E-state index is -4.35. The van der Waals surface area contributed by atoms with Gasteiger partial charge in [-0.1, -0.05) is 142 Å². The summed E-state index contributed by atoms with van der Waals surface area (Å²) in [6.45, 7) is 4.04. The molecule has 2 atom stereocenters. The van der Waals surface area contributed by atoms with Crippen molar-refractivity contribution in [2.45, 2.75) is 154 Å². The van der Waals surface area contributed by atoms with Crippen molar-refractivity contribution in [1.29, 1.82) is 0 Å². The summed E-state index contributed by atoms with van der Waals surface area (Å²) >= 11 is 0. The van der Waals surface area contributed by atoms with Crippen LogP contribution in [0.1, 0.15) is 149 Å². The van der Waals surface area contributed by atoms with Crippen LogP contribution < -0.4 is 35.3 Å². The van der Waals surface area contributed by atoms with Crippen LogP contribution in [0.5, 0.6) is 0 Å². The van der Waals surface area contributed by atoms with Gasteiger partial charge in [0.05, 0.1) is 5.37 Å². The second-order valence-corrected chi connectivity index (χ2v) is 11.0. The smallest absolute Gasteiger partial charge is 0.747 e. The summed E-state index contributed by atoms with van der Waals surface area (Å²) in [7, 11) is -4.35. The molecule has 0 radical (unpaired) electrons. The maximum atomic E-state index is 10.9. The number of hydrogen-bond donors (Lipinski definition) is 1. The molecule has 0 saturated heterocycles. The Kier molecular flexibility index (Phi) is 26.4. The van der Waals surface area contributed by atoms with Crippen molar-refractivity contribution in [2.24, 2.45) is 11.7 Å². The average Bonchev–Trinajstić information content (AvgIpc) is 2.70. The first-order valence-corrected chi connectivity index (χ1v) is 14.6. The Hall–Kier alpha value is 0.870. The van der Waals surface area contributed by atoms with Crippen molar-refractivity contribution < 1.29 is 42.5 Å². The zero-order chi connectivity index (χ0) is 22.5. The molecule has 0 aromatic heterocycles. The first-order chi connectivity index (χ1) is 14.4. The monoisotopic (exact) mass is 469 g/mol. The van der Waals surface area contributed by atoms with Crippen molar-refractivity contribution in [3.63, 3.8) is 0 Å². The molecule has 0 aromatic carbocycles. The van der Waals surface area contributed by atoms with E-state index in [1.165, 1.54) is 116 Å². The molecule has 0 amide bonds. The third-order valence-electron chi connectivity index (χ3n) is 6.41. The minimum Gasteiger partial charge on any atom is -0.747 e. The molecule has 0 aliphatic heterocycles. The van der Waals surface area contributed by atoms with Gasteiger partial charge >= 0.3 is 29.6 Å².